The number of para-hydroxylation sites is 2. The third kappa shape index (κ3) is 3.90. The number of aromatic nitrogens is 2. The predicted octanol–water partition coefficient (Wildman–Crippen LogP) is 4.13. The fraction of sp³-hybridized carbons (Fsp3) is 0.176. The van der Waals surface area contributed by atoms with E-state index in [4.69, 9.17) is 5.11 Å². The molecular formula is C17H14F3N3O2. The zero-order valence-corrected chi connectivity index (χ0v) is 12.8. The van der Waals surface area contributed by atoms with Gasteiger partial charge in [-0.3, -0.25) is 0 Å². The molecule has 0 aliphatic carbocycles. The summed E-state index contributed by atoms with van der Waals surface area (Å²) in [6.07, 6.45) is -5.47. The van der Waals surface area contributed by atoms with Gasteiger partial charge >= 0.3 is 12.3 Å². The van der Waals surface area contributed by atoms with Crippen LogP contribution >= 0.6 is 0 Å². The van der Waals surface area contributed by atoms with Gasteiger partial charge < -0.3 is 15.4 Å². The van der Waals surface area contributed by atoms with Gasteiger partial charge in [-0.15, -0.1) is 0 Å². The van der Waals surface area contributed by atoms with Gasteiger partial charge in [0.1, 0.15) is 5.82 Å². The van der Waals surface area contributed by atoms with Crippen LogP contribution in [0.1, 0.15) is 23.0 Å². The van der Waals surface area contributed by atoms with Crippen molar-refractivity contribution in [2.24, 2.45) is 0 Å². The molecule has 1 unspecified atom stereocenters. The Hall–Kier alpha value is -3.03. The number of nitrogens with zero attached hydrogens (tertiary/aromatic N) is 1. The number of rotatable bonds is 4. The standard InChI is InChI=1S/C17H14F3N3O2/c18-17(19,20)11-7-5-10(6-8-11)9-14(23-16(24)25)15-21-12-3-1-2-4-13(12)22-15/h1-8,14,23H,9H2,(H,21,22)(H,24,25). The molecule has 3 N–H and O–H groups in total. The Balaban J connectivity index is 1.87. The first kappa shape index (κ1) is 16.8. The van der Waals surface area contributed by atoms with Crippen LogP contribution < -0.4 is 5.32 Å². The second-order valence-corrected chi connectivity index (χ2v) is 5.54. The van der Waals surface area contributed by atoms with Gasteiger partial charge in [-0.2, -0.15) is 13.2 Å². The van der Waals surface area contributed by atoms with Gasteiger partial charge in [0, 0.05) is 6.42 Å². The van der Waals surface area contributed by atoms with Crippen molar-refractivity contribution in [2.45, 2.75) is 18.6 Å². The SMILES string of the molecule is O=C(O)NC(Cc1ccc(C(F)(F)F)cc1)c1nc2ccccc2[nH]1. The van der Waals surface area contributed by atoms with E-state index in [1.807, 2.05) is 18.2 Å². The third-order valence-electron chi connectivity index (χ3n) is 3.76. The van der Waals surface area contributed by atoms with Crippen LogP contribution in [-0.2, 0) is 12.6 Å². The third-order valence-corrected chi connectivity index (χ3v) is 3.76. The lowest BCUT2D eigenvalue weighted by atomic mass is 10.0. The van der Waals surface area contributed by atoms with E-state index in [1.165, 1.54) is 12.1 Å². The predicted molar refractivity (Wildman–Crippen MR) is 85.1 cm³/mol. The molecule has 0 bridgehead atoms. The van der Waals surface area contributed by atoms with Crippen LogP contribution in [0.25, 0.3) is 11.0 Å². The maximum atomic E-state index is 12.6. The summed E-state index contributed by atoms with van der Waals surface area (Å²) >= 11 is 0. The average Bonchev–Trinajstić information content (AvgIpc) is 2.97. The summed E-state index contributed by atoms with van der Waals surface area (Å²) in [6, 6.07) is 11.1. The quantitative estimate of drug-likeness (QED) is 0.663. The fourth-order valence-electron chi connectivity index (χ4n) is 2.57. The molecule has 0 saturated heterocycles. The molecule has 0 saturated carbocycles. The summed E-state index contributed by atoms with van der Waals surface area (Å²) < 4.78 is 37.9. The molecule has 0 radical (unpaired) electrons. The second kappa shape index (κ2) is 6.46. The number of imidazole rings is 1. The number of alkyl halides is 3. The Labute approximate surface area is 140 Å². The van der Waals surface area contributed by atoms with Crippen LogP contribution in [0.5, 0.6) is 0 Å². The Kier molecular flexibility index (Phi) is 4.35. The van der Waals surface area contributed by atoms with Crippen molar-refractivity contribution < 1.29 is 23.1 Å². The van der Waals surface area contributed by atoms with E-state index in [1.54, 1.807) is 6.07 Å². The zero-order chi connectivity index (χ0) is 18.0. The Morgan fingerprint density at radius 1 is 1.16 bits per heavy atom. The van der Waals surface area contributed by atoms with E-state index in [0.717, 1.165) is 17.6 Å². The molecule has 2 aromatic carbocycles. The minimum atomic E-state index is -4.41. The average molecular weight is 349 g/mol. The highest BCUT2D eigenvalue weighted by atomic mass is 19.4. The highest BCUT2D eigenvalue weighted by Gasteiger charge is 2.30. The summed E-state index contributed by atoms with van der Waals surface area (Å²) in [5, 5.41) is 11.4. The summed E-state index contributed by atoms with van der Waals surface area (Å²) in [6.45, 7) is 0. The minimum absolute atomic E-state index is 0.171. The molecule has 3 aromatic rings. The number of halogens is 3. The molecule has 0 aliphatic rings. The van der Waals surface area contributed by atoms with Crippen LogP contribution in [0.3, 0.4) is 0 Å². The first-order valence-corrected chi connectivity index (χ1v) is 7.43. The maximum absolute atomic E-state index is 12.6. The van der Waals surface area contributed by atoms with Crippen molar-refractivity contribution in [1.29, 1.82) is 0 Å². The lowest BCUT2D eigenvalue weighted by Crippen LogP contribution is -2.29. The van der Waals surface area contributed by atoms with Gasteiger partial charge in [-0.25, -0.2) is 9.78 Å². The largest absolute Gasteiger partial charge is 0.465 e. The van der Waals surface area contributed by atoms with Crippen molar-refractivity contribution in [3.63, 3.8) is 0 Å². The van der Waals surface area contributed by atoms with E-state index < -0.39 is 23.9 Å². The molecular weight excluding hydrogens is 335 g/mol. The number of aromatic amines is 1. The van der Waals surface area contributed by atoms with E-state index in [2.05, 4.69) is 15.3 Å². The molecule has 1 amide bonds. The van der Waals surface area contributed by atoms with Crippen molar-refractivity contribution in [2.75, 3.05) is 0 Å². The first-order valence-electron chi connectivity index (χ1n) is 7.43. The molecule has 1 heterocycles. The minimum Gasteiger partial charge on any atom is -0.465 e. The number of amides is 1. The molecule has 130 valence electrons. The van der Waals surface area contributed by atoms with Crippen LogP contribution in [0.2, 0.25) is 0 Å². The highest BCUT2D eigenvalue weighted by molar-refractivity contribution is 5.75. The van der Waals surface area contributed by atoms with Gasteiger partial charge in [-0.1, -0.05) is 24.3 Å². The van der Waals surface area contributed by atoms with Gasteiger partial charge in [0.15, 0.2) is 0 Å². The topological polar surface area (TPSA) is 78.0 Å². The lowest BCUT2D eigenvalue weighted by Gasteiger charge is -2.15. The van der Waals surface area contributed by atoms with Crippen molar-refractivity contribution in [1.82, 2.24) is 15.3 Å². The van der Waals surface area contributed by atoms with Crippen LogP contribution in [0, 0.1) is 0 Å². The van der Waals surface area contributed by atoms with Crippen LogP contribution in [0.4, 0.5) is 18.0 Å². The number of hydrogen-bond acceptors (Lipinski definition) is 2. The lowest BCUT2D eigenvalue weighted by molar-refractivity contribution is -0.137. The number of fused-ring (bicyclic) bond motifs is 1. The smallest absolute Gasteiger partial charge is 0.416 e. The van der Waals surface area contributed by atoms with Gasteiger partial charge in [-0.05, 0) is 29.8 Å². The molecule has 0 fully saturated rings. The van der Waals surface area contributed by atoms with Gasteiger partial charge in [0.05, 0.1) is 22.6 Å². The zero-order valence-electron chi connectivity index (χ0n) is 12.8. The molecule has 8 heteroatoms. The number of benzene rings is 2. The summed E-state index contributed by atoms with van der Waals surface area (Å²) in [7, 11) is 0. The number of carbonyl (C=O) groups is 1. The molecule has 25 heavy (non-hydrogen) atoms. The van der Waals surface area contributed by atoms with Crippen LogP contribution in [-0.4, -0.2) is 21.2 Å². The highest BCUT2D eigenvalue weighted by Crippen LogP contribution is 2.29. The summed E-state index contributed by atoms with van der Waals surface area (Å²) in [5.41, 5.74) is 1.25. The van der Waals surface area contributed by atoms with Crippen molar-refractivity contribution >= 4 is 17.1 Å². The van der Waals surface area contributed by atoms with E-state index >= 15 is 0 Å². The molecule has 5 nitrogen and oxygen atoms in total. The van der Waals surface area contributed by atoms with E-state index in [-0.39, 0.29) is 6.42 Å². The molecule has 0 aliphatic heterocycles. The van der Waals surface area contributed by atoms with Crippen LogP contribution in [0.15, 0.2) is 48.5 Å². The second-order valence-electron chi connectivity index (χ2n) is 5.54. The molecule has 3 rings (SSSR count). The summed E-state index contributed by atoms with van der Waals surface area (Å²) in [4.78, 5) is 18.5. The van der Waals surface area contributed by atoms with Crippen molar-refractivity contribution in [3.05, 3.63) is 65.5 Å². The van der Waals surface area contributed by atoms with Crippen molar-refractivity contribution in [3.8, 4) is 0 Å². The molecule has 1 atom stereocenters. The number of nitrogens with one attached hydrogen (secondary N) is 2. The number of hydrogen-bond donors (Lipinski definition) is 3. The Bertz CT molecular complexity index is 855. The van der Waals surface area contributed by atoms with Gasteiger partial charge in [0.2, 0.25) is 0 Å². The van der Waals surface area contributed by atoms with Gasteiger partial charge in [0.25, 0.3) is 0 Å². The number of H-pyrrole nitrogens is 1. The van der Waals surface area contributed by atoms with E-state index in [0.29, 0.717) is 16.9 Å². The fourth-order valence-corrected chi connectivity index (χ4v) is 2.57. The molecule has 0 spiro atoms. The van der Waals surface area contributed by atoms with E-state index in [9.17, 15) is 18.0 Å². The summed E-state index contributed by atoms with van der Waals surface area (Å²) in [5.74, 6) is 0.406. The Morgan fingerprint density at radius 2 is 1.84 bits per heavy atom. The monoisotopic (exact) mass is 349 g/mol. The normalized spacial score (nSPS) is 12.9. The molecule has 1 aromatic heterocycles. The Morgan fingerprint density at radius 3 is 2.44 bits per heavy atom. The number of carboxylic acid groups (broad SMARTS) is 1. The first-order chi connectivity index (χ1) is 11.8. The maximum Gasteiger partial charge on any atom is 0.416 e.